The average Bonchev–Trinajstić information content (AvgIpc) is 3.59. The summed E-state index contributed by atoms with van der Waals surface area (Å²) >= 11 is 15.9. The number of thiazole rings is 1. The summed E-state index contributed by atoms with van der Waals surface area (Å²) in [7, 11) is 1.56. The summed E-state index contributed by atoms with van der Waals surface area (Å²) in [5, 5.41) is 19.8. The molecule has 6 rings (SSSR count). The van der Waals surface area contributed by atoms with E-state index in [-0.39, 0.29) is 12.3 Å². The van der Waals surface area contributed by atoms with Crippen LogP contribution in [-0.4, -0.2) is 62.4 Å². The number of rotatable bonds is 5. The third-order valence-corrected chi connectivity index (χ3v) is 9.31. The Morgan fingerprint density at radius 3 is 2.80 bits per heavy atom. The first kappa shape index (κ1) is 27.7. The molecule has 2 saturated heterocycles. The summed E-state index contributed by atoms with van der Waals surface area (Å²) in [5.41, 5.74) is 0.641. The van der Waals surface area contributed by atoms with Gasteiger partial charge < -0.3 is 18.9 Å². The lowest BCUT2D eigenvalue weighted by molar-refractivity contribution is -0.323. The Bertz CT molecular complexity index is 1560. The molecule has 206 valence electrons. The fourth-order valence-corrected chi connectivity index (χ4v) is 7.13. The molecule has 2 unspecified atom stereocenters. The lowest BCUT2D eigenvalue weighted by atomic mass is 9.74. The van der Waals surface area contributed by atoms with Crippen LogP contribution in [0, 0.1) is 18.3 Å². The summed E-state index contributed by atoms with van der Waals surface area (Å²) in [6.07, 6.45) is 0.446. The van der Waals surface area contributed by atoms with Gasteiger partial charge in [-0.2, -0.15) is 5.26 Å². The quantitative estimate of drug-likeness (QED) is 0.298. The van der Waals surface area contributed by atoms with Crippen LogP contribution in [0.4, 0.5) is 0 Å². The van der Waals surface area contributed by atoms with Gasteiger partial charge in [0, 0.05) is 28.9 Å². The molecular weight excluding hydrogens is 640 g/mol. The molecule has 2 aliphatic rings. The molecule has 0 bridgehead atoms. The molecule has 1 aromatic carbocycles. The first-order chi connectivity index (χ1) is 19.4. The molecule has 10 nitrogen and oxygen atoms in total. The van der Waals surface area contributed by atoms with Crippen molar-refractivity contribution in [2.45, 2.75) is 42.5 Å². The van der Waals surface area contributed by atoms with Crippen molar-refractivity contribution in [3.63, 3.8) is 0 Å². The van der Waals surface area contributed by atoms with E-state index in [9.17, 15) is 5.26 Å². The Morgan fingerprint density at radius 1 is 1.30 bits per heavy atom. The standard InChI is InChI=1S/C26H22BrClN6O4S2/c1-13-22(28)40-23(31-13)18-11-34(33-32-18)26(16-8-15(27)10-30-17(16)9-29)20-19(37-25(39)21(26)35-2)12-36-24(38-20)14-6-4-3-5-7-14/h3-8,10-11,19-21,24-25,39H,12H2,1-2H3/t19-,20+,21+,24?,25-,26?/m1/s1. The zero-order valence-electron chi connectivity index (χ0n) is 21.1. The minimum Gasteiger partial charge on any atom is -0.375 e. The number of thiol groups is 1. The van der Waals surface area contributed by atoms with E-state index in [0.717, 1.165) is 5.56 Å². The van der Waals surface area contributed by atoms with Crippen LogP contribution in [0.1, 0.15) is 28.8 Å². The van der Waals surface area contributed by atoms with Crippen molar-refractivity contribution in [3.8, 4) is 16.8 Å². The molecule has 40 heavy (non-hydrogen) atoms. The maximum atomic E-state index is 10.2. The van der Waals surface area contributed by atoms with Gasteiger partial charge in [-0.1, -0.05) is 58.5 Å². The van der Waals surface area contributed by atoms with E-state index in [1.165, 1.54) is 11.3 Å². The summed E-state index contributed by atoms with van der Waals surface area (Å²) in [6.45, 7) is 2.03. The van der Waals surface area contributed by atoms with Gasteiger partial charge in [-0.05, 0) is 28.9 Å². The van der Waals surface area contributed by atoms with Crippen molar-refractivity contribution in [1.29, 1.82) is 5.26 Å². The van der Waals surface area contributed by atoms with Crippen molar-refractivity contribution in [2.24, 2.45) is 0 Å². The van der Waals surface area contributed by atoms with Crippen LogP contribution < -0.4 is 0 Å². The first-order valence-corrected chi connectivity index (χ1v) is 14.7. The first-order valence-electron chi connectivity index (χ1n) is 12.2. The molecule has 0 N–H and O–H groups in total. The number of ether oxygens (including phenoxy) is 4. The highest BCUT2D eigenvalue weighted by atomic mass is 79.9. The summed E-state index contributed by atoms with van der Waals surface area (Å²) in [5.74, 6) is 0. The van der Waals surface area contributed by atoms with E-state index in [0.29, 0.717) is 30.8 Å². The number of hydrogen-bond donors (Lipinski definition) is 1. The second kappa shape index (κ2) is 11.1. The van der Waals surface area contributed by atoms with Crippen molar-refractivity contribution >= 4 is 51.5 Å². The number of methoxy groups -OCH3 is 1. The van der Waals surface area contributed by atoms with Gasteiger partial charge in [-0.3, -0.25) is 0 Å². The van der Waals surface area contributed by atoms with E-state index in [2.05, 4.69) is 42.3 Å². The summed E-state index contributed by atoms with van der Waals surface area (Å²) in [4.78, 5) is 8.97. The number of nitrogens with zero attached hydrogens (tertiary/aromatic N) is 6. The monoisotopic (exact) mass is 660 g/mol. The van der Waals surface area contributed by atoms with Crippen molar-refractivity contribution in [2.75, 3.05) is 13.7 Å². The lowest BCUT2D eigenvalue weighted by Crippen LogP contribution is -2.70. The van der Waals surface area contributed by atoms with E-state index in [1.54, 1.807) is 24.2 Å². The number of benzene rings is 1. The molecule has 2 aliphatic heterocycles. The highest BCUT2D eigenvalue weighted by Gasteiger charge is 2.63. The number of pyridine rings is 1. The minimum absolute atomic E-state index is 0.169. The van der Waals surface area contributed by atoms with Gasteiger partial charge in [-0.15, -0.1) is 17.7 Å². The minimum atomic E-state index is -1.32. The Balaban J connectivity index is 1.60. The molecule has 2 fully saturated rings. The Morgan fingerprint density at radius 2 is 2.10 bits per heavy atom. The number of aryl methyl sites for hydroxylation is 1. The molecule has 6 atom stereocenters. The number of aromatic nitrogens is 5. The highest BCUT2D eigenvalue weighted by molar-refractivity contribution is 9.10. The fraction of sp³-hybridized carbons (Fsp3) is 0.346. The maximum Gasteiger partial charge on any atom is 0.184 e. The SMILES string of the molecule is CO[C@H]1[C@@H](S)O[C@@H]2COC(c3ccccc3)O[C@@H]2C1(c1cc(Br)cnc1C#N)n1cc(-c2nc(C)c(Cl)s2)nn1. The topological polar surface area (TPSA) is 117 Å². The highest BCUT2D eigenvalue weighted by Crippen LogP contribution is 2.49. The molecule has 0 saturated carbocycles. The third-order valence-electron chi connectivity index (χ3n) is 7.01. The van der Waals surface area contributed by atoms with Crippen LogP contribution in [0.5, 0.6) is 0 Å². The van der Waals surface area contributed by atoms with Crippen molar-refractivity contribution in [3.05, 3.63) is 80.1 Å². The molecule has 14 heteroatoms. The molecule has 0 aliphatic carbocycles. The van der Waals surface area contributed by atoms with Gasteiger partial charge in [0.05, 0.1) is 18.5 Å². The fourth-order valence-electron chi connectivity index (χ4n) is 5.29. The van der Waals surface area contributed by atoms with Crippen LogP contribution in [0.3, 0.4) is 0 Å². The average molecular weight is 662 g/mol. The van der Waals surface area contributed by atoms with Crippen LogP contribution in [-0.2, 0) is 24.5 Å². The van der Waals surface area contributed by atoms with Crippen LogP contribution in [0.15, 0.2) is 53.3 Å². The molecule has 0 spiro atoms. The van der Waals surface area contributed by atoms with Crippen LogP contribution in [0.2, 0.25) is 4.34 Å². The van der Waals surface area contributed by atoms with E-state index >= 15 is 0 Å². The van der Waals surface area contributed by atoms with Crippen molar-refractivity contribution < 1.29 is 18.9 Å². The molecule has 0 amide bonds. The Hall–Kier alpha value is -2.41. The number of hydrogen-bond acceptors (Lipinski definition) is 11. The number of nitriles is 1. The smallest absolute Gasteiger partial charge is 0.184 e. The molecule has 0 radical (unpaired) electrons. The van der Waals surface area contributed by atoms with Crippen LogP contribution in [0.25, 0.3) is 10.7 Å². The Kier molecular flexibility index (Phi) is 7.71. The molecule has 5 heterocycles. The molecule has 3 aromatic heterocycles. The normalized spacial score (nSPS) is 28.1. The third kappa shape index (κ3) is 4.56. The summed E-state index contributed by atoms with van der Waals surface area (Å²) in [6, 6.07) is 13.7. The van der Waals surface area contributed by atoms with Crippen LogP contribution >= 0.6 is 51.5 Å². The van der Waals surface area contributed by atoms with Gasteiger partial charge in [0.2, 0.25) is 0 Å². The second-order valence-electron chi connectivity index (χ2n) is 9.27. The zero-order chi connectivity index (χ0) is 28.0. The van der Waals surface area contributed by atoms with Gasteiger partial charge in [0.1, 0.15) is 50.5 Å². The largest absolute Gasteiger partial charge is 0.375 e. The van der Waals surface area contributed by atoms with Gasteiger partial charge >= 0.3 is 0 Å². The zero-order valence-corrected chi connectivity index (χ0v) is 25.2. The summed E-state index contributed by atoms with van der Waals surface area (Å²) < 4.78 is 28.1. The van der Waals surface area contributed by atoms with E-state index < -0.39 is 35.6 Å². The van der Waals surface area contributed by atoms with Gasteiger partial charge in [0.25, 0.3) is 0 Å². The van der Waals surface area contributed by atoms with E-state index in [1.807, 2.05) is 43.3 Å². The van der Waals surface area contributed by atoms with Crippen molar-refractivity contribution in [1.82, 2.24) is 25.0 Å². The number of fused-ring (bicyclic) bond motifs is 1. The van der Waals surface area contributed by atoms with E-state index in [4.69, 9.17) is 43.2 Å². The Labute approximate surface area is 252 Å². The predicted molar refractivity (Wildman–Crippen MR) is 153 cm³/mol. The molecular formula is C26H22BrClN6O4S2. The second-order valence-corrected chi connectivity index (χ2v) is 12.3. The maximum absolute atomic E-state index is 10.2. The number of halogens is 2. The van der Waals surface area contributed by atoms with Gasteiger partial charge in [-0.25, -0.2) is 14.6 Å². The predicted octanol–water partition coefficient (Wildman–Crippen LogP) is 4.92. The lowest BCUT2D eigenvalue weighted by Gasteiger charge is -2.55. The van der Waals surface area contributed by atoms with Gasteiger partial charge in [0.15, 0.2) is 11.8 Å². The molecule has 4 aromatic rings.